The molecule has 2 bridgehead atoms. The number of hydrogen-bond donors (Lipinski definition) is 1. The molecule has 0 aromatic carbocycles. The van der Waals surface area contributed by atoms with Crippen LogP contribution in [0.2, 0.25) is 0 Å². The maximum atomic E-state index is 12.7. The Morgan fingerprint density at radius 3 is 2.28 bits per heavy atom. The second kappa shape index (κ2) is 5.72. The molecule has 0 radical (unpaired) electrons. The molecule has 3 aliphatic rings. The van der Waals surface area contributed by atoms with Crippen molar-refractivity contribution < 1.29 is 19.4 Å². The van der Waals surface area contributed by atoms with Gasteiger partial charge in [0.05, 0.1) is 11.8 Å². The molecule has 3 rings (SSSR count). The first-order valence-corrected chi connectivity index (χ1v) is 9.91. The van der Waals surface area contributed by atoms with Crippen LogP contribution >= 0.6 is 0 Å². The third-order valence-electron chi connectivity index (χ3n) is 8.61. The summed E-state index contributed by atoms with van der Waals surface area (Å²) >= 11 is 0. The van der Waals surface area contributed by atoms with Crippen LogP contribution in [-0.4, -0.2) is 22.6 Å². The van der Waals surface area contributed by atoms with Crippen molar-refractivity contribution in [3.63, 3.8) is 0 Å². The third kappa shape index (κ3) is 2.54. The maximum Gasteiger partial charge on any atom is 0.310 e. The number of rotatable bonds is 4. The summed E-state index contributed by atoms with van der Waals surface area (Å²) in [5.74, 6) is -0.798. The predicted octanol–water partition coefficient (Wildman–Crippen LogP) is 4.52. The molecule has 0 aromatic heterocycles. The van der Waals surface area contributed by atoms with E-state index in [9.17, 15) is 14.7 Å². The standard InChI is InChI=1S/C21H34O4/c1-12-7-8-15-19(4,5)16-11-21(12,15)10-9-20(16,6)25-18(24)14(3)13(2)17(22)23/h12-16H,7-11H2,1-6H3,(H,22,23)/t12?,13?,14?,15?,16?,20-,21?/m1/s1. The van der Waals surface area contributed by atoms with Crippen molar-refractivity contribution in [3.05, 3.63) is 0 Å². The van der Waals surface area contributed by atoms with E-state index in [1.165, 1.54) is 12.8 Å². The van der Waals surface area contributed by atoms with Gasteiger partial charge in [-0.1, -0.05) is 34.6 Å². The van der Waals surface area contributed by atoms with Gasteiger partial charge in [0.1, 0.15) is 5.60 Å². The van der Waals surface area contributed by atoms with Crippen LogP contribution < -0.4 is 0 Å². The zero-order valence-corrected chi connectivity index (χ0v) is 16.6. The number of hydrogen-bond acceptors (Lipinski definition) is 3. The Balaban J connectivity index is 1.82. The van der Waals surface area contributed by atoms with Gasteiger partial charge in [-0.05, 0) is 61.7 Å². The number of carboxylic acids is 1. The highest BCUT2D eigenvalue weighted by atomic mass is 16.6. The second-order valence-electron chi connectivity index (χ2n) is 9.99. The van der Waals surface area contributed by atoms with Crippen LogP contribution in [0.15, 0.2) is 0 Å². The van der Waals surface area contributed by atoms with Crippen LogP contribution in [0.3, 0.4) is 0 Å². The highest BCUT2D eigenvalue weighted by Gasteiger charge is 2.69. The minimum Gasteiger partial charge on any atom is -0.481 e. The van der Waals surface area contributed by atoms with E-state index in [1.54, 1.807) is 13.8 Å². The van der Waals surface area contributed by atoms with Gasteiger partial charge in [-0.15, -0.1) is 0 Å². The lowest BCUT2D eigenvalue weighted by Gasteiger charge is -2.47. The quantitative estimate of drug-likeness (QED) is 0.757. The molecule has 0 aliphatic heterocycles. The van der Waals surface area contributed by atoms with Gasteiger partial charge in [0.15, 0.2) is 0 Å². The summed E-state index contributed by atoms with van der Waals surface area (Å²) < 4.78 is 6.07. The van der Waals surface area contributed by atoms with Crippen LogP contribution in [0, 0.1) is 40.4 Å². The number of ether oxygens (including phenoxy) is 1. The Labute approximate surface area is 151 Å². The van der Waals surface area contributed by atoms with Gasteiger partial charge in [0, 0.05) is 5.92 Å². The van der Waals surface area contributed by atoms with Crippen molar-refractivity contribution in [3.8, 4) is 0 Å². The van der Waals surface area contributed by atoms with Gasteiger partial charge in [-0.3, -0.25) is 9.59 Å². The number of aliphatic carboxylic acids is 1. The minimum absolute atomic E-state index is 0.165. The average Bonchev–Trinajstić information content (AvgIpc) is 2.95. The zero-order chi connectivity index (χ0) is 18.8. The number of carbonyl (C=O) groups is 2. The largest absolute Gasteiger partial charge is 0.481 e. The highest BCUT2D eigenvalue weighted by Crippen LogP contribution is 2.73. The van der Waals surface area contributed by atoms with E-state index < -0.39 is 23.4 Å². The van der Waals surface area contributed by atoms with Crippen molar-refractivity contribution in [2.75, 3.05) is 0 Å². The first kappa shape index (κ1) is 18.7. The lowest BCUT2D eigenvalue weighted by Crippen LogP contribution is -2.48. The van der Waals surface area contributed by atoms with Crippen molar-refractivity contribution in [1.29, 1.82) is 0 Å². The van der Waals surface area contributed by atoms with Crippen LogP contribution in [0.1, 0.15) is 73.6 Å². The molecule has 1 N–H and O–H groups in total. The number of carboxylic acid groups (broad SMARTS) is 1. The Hall–Kier alpha value is -1.06. The molecule has 142 valence electrons. The number of carbonyl (C=O) groups excluding carboxylic acids is 1. The fraction of sp³-hybridized carbons (Fsp3) is 0.905. The zero-order valence-electron chi connectivity index (χ0n) is 16.6. The summed E-state index contributed by atoms with van der Waals surface area (Å²) in [5, 5.41) is 9.19. The molecule has 3 fully saturated rings. The van der Waals surface area contributed by atoms with Crippen LogP contribution in [-0.2, 0) is 14.3 Å². The molecule has 4 nitrogen and oxygen atoms in total. The Morgan fingerprint density at radius 2 is 1.68 bits per heavy atom. The summed E-state index contributed by atoms with van der Waals surface area (Å²) in [4.78, 5) is 23.9. The van der Waals surface area contributed by atoms with Gasteiger partial charge < -0.3 is 9.84 Å². The van der Waals surface area contributed by atoms with E-state index in [0.29, 0.717) is 11.3 Å². The molecule has 6 unspecified atom stereocenters. The topological polar surface area (TPSA) is 63.6 Å². The van der Waals surface area contributed by atoms with Gasteiger partial charge in [0.25, 0.3) is 0 Å². The van der Waals surface area contributed by atoms with Crippen LogP contribution in [0.25, 0.3) is 0 Å². The first-order chi connectivity index (χ1) is 11.5. The molecular weight excluding hydrogens is 316 g/mol. The average molecular weight is 350 g/mol. The molecule has 7 atom stereocenters. The van der Waals surface area contributed by atoms with Crippen molar-refractivity contribution >= 4 is 11.9 Å². The van der Waals surface area contributed by atoms with E-state index >= 15 is 0 Å². The lowest BCUT2D eigenvalue weighted by molar-refractivity contribution is -0.181. The van der Waals surface area contributed by atoms with E-state index in [4.69, 9.17) is 4.74 Å². The second-order valence-corrected chi connectivity index (χ2v) is 9.99. The van der Waals surface area contributed by atoms with Gasteiger partial charge in [-0.25, -0.2) is 0 Å². The summed E-state index contributed by atoms with van der Waals surface area (Å²) in [6.07, 6.45) is 5.80. The molecule has 3 saturated carbocycles. The Kier molecular flexibility index (Phi) is 4.28. The molecular formula is C21H34O4. The summed E-state index contributed by atoms with van der Waals surface area (Å²) in [6.45, 7) is 12.5. The van der Waals surface area contributed by atoms with E-state index in [-0.39, 0.29) is 11.4 Å². The van der Waals surface area contributed by atoms with E-state index in [0.717, 1.165) is 31.1 Å². The van der Waals surface area contributed by atoms with Gasteiger partial charge in [-0.2, -0.15) is 0 Å². The third-order valence-corrected chi connectivity index (χ3v) is 8.61. The first-order valence-electron chi connectivity index (χ1n) is 9.91. The number of fused-ring (bicyclic) bond motifs is 1. The van der Waals surface area contributed by atoms with Crippen LogP contribution in [0.5, 0.6) is 0 Å². The van der Waals surface area contributed by atoms with Crippen molar-refractivity contribution in [2.24, 2.45) is 40.4 Å². The smallest absolute Gasteiger partial charge is 0.310 e. The van der Waals surface area contributed by atoms with Crippen molar-refractivity contribution in [2.45, 2.75) is 79.2 Å². The van der Waals surface area contributed by atoms with Gasteiger partial charge >= 0.3 is 11.9 Å². The molecule has 0 heterocycles. The highest BCUT2D eigenvalue weighted by molar-refractivity contribution is 5.80. The minimum atomic E-state index is -0.943. The molecule has 4 heteroatoms. The fourth-order valence-electron chi connectivity index (χ4n) is 6.72. The Morgan fingerprint density at radius 1 is 1.04 bits per heavy atom. The SMILES string of the molecule is CC(C(=O)O)C(C)C(=O)O[C@]1(C)CCC23CC1C(C)(C)C2CCC3C. The Bertz CT molecular complexity index is 582. The molecule has 25 heavy (non-hydrogen) atoms. The van der Waals surface area contributed by atoms with Crippen molar-refractivity contribution in [1.82, 2.24) is 0 Å². The molecule has 0 amide bonds. The van der Waals surface area contributed by atoms with Crippen LogP contribution in [0.4, 0.5) is 0 Å². The predicted molar refractivity (Wildman–Crippen MR) is 95.9 cm³/mol. The lowest BCUT2D eigenvalue weighted by atomic mass is 9.64. The summed E-state index contributed by atoms with van der Waals surface area (Å²) in [7, 11) is 0. The van der Waals surface area contributed by atoms with Gasteiger partial charge in [0.2, 0.25) is 0 Å². The number of esters is 1. The van der Waals surface area contributed by atoms with E-state index in [2.05, 4.69) is 27.7 Å². The monoisotopic (exact) mass is 350 g/mol. The summed E-state index contributed by atoms with van der Waals surface area (Å²) in [5.41, 5.74) is 0.125. The molecule has 3 aliphatic carbocycles. The molecule has 1 spiro atoms. The maximum absolute atomic E-state index is 12.7. The fourth-order valence-corrected chi connectivity index (χ4v) is 6.72. The summed E-state index contributed by atoms with van der Waals surface area (Å²) in [6, 6.07) is 0. The van der Waals surface area contributed by atoms with E-state index in [1.807, 2.05) is 0 Å². The normalized spacial score (nSPS) is 44.0. The molecule has 0 saturated heterocycles. The molecule has 0 aromatic rings.